The van der Waals surface area contributed by atoms with Gasteiger partial charge in [-0.1, -0.05) is 27.5 Å². The summed E-state index contributed by atoms with van der Waals surface area (Å²) in [6, 6.07) is 7.83. The predicted octanol–water partition coefficient (Wildman–Crippen LogP) is 4.78. The van der Waals surface area contributed by atoms with Crippen LogP contribution in [0.15, 0.2) is 34.1 Å². The maximum Gasteiger partial charge on any atom is 0.142 e. The van der Waals surface area contributed by atoms with Gasteiger partial charge in [0.05, 0.1) is 17.8 Å². The van der Waals surface area contributed by atoms with E-state index in [4.69, 9.17) is 16.3 Å². The summed E-state index contributed by atoms with van der Waals surface area (Å²) in [4.78, 5) is 1.19. The second-order valence-corrected chi connectivity index (χ2v) is 5.78. The molecular weight excluding hydrogens is 322 g/mol. The van der Waals surface area contributed by atoms with E-state index in [1.54, 1.807) is 18.4 Å². The number of anilines is 1. The van der Waals surface area contributed by atoms with Crippen molar-refractivity contribution in [2.75, 3.05) is 12.4 Å². The molecule has 0 aliphatic heterocycles. The van der Waals surface area contributed by atoms with Crippen molar-refractivity contribution in [1.29, 1.82) is 0 Å². The molecule has 5 heteroatoms. The van der Waals surface area contributed by atoms with Crippen LogP contribution in [0.4, 0.5) is 5.69 Å². The minimum Gasteiger partial charge on any atom is -0.495 e. The van der Waals surface area contributed by atoms with E-state index >= 15 is 0 Å². The van der Waals surface area contributed by atoms with E-state index in [-0.39, 0.29) is 0 Å². The van der Waals surface area contributed by atoms with Crippen LogP contribution in [-0.4, -0.2) is 7.11 Å². The van der Waals surface area contributed by atoms with Gasteiger partial charge in [-0.2, -0.15) is 0 Å². The molecule has 2 aromatic rings. The number of halogens is 2. The Balaban J connectivity index is 2.10. The Labute approximate surface area is 118 Å². The number of thiophene rings is 1. The molecule has 0 fully saturated rings. The third kappa shape index (κ3) is 3.37. The van der Waals surface area contributed by atoms with E-state index in [0.29, 0.717) is 0 Å². The molecule has 0 aliphatic carbocycles. The van der Waals surface area contributed by atoms with Gasteiger partial charge in [0.2, 0.25) is 0 Å². The highest BCUT2D eigenvalue weighted by atomic mass is 79.9. The third-order valence-electron chi connectivity index (χ3n) is 2.24. The highest BCUT2D eigenvalue weighted by molar-refractivity contribution is 9.10. The minimum absolute atomic E-state index is 0.740. The van der Waals surface area contributed by atoms with Crippen LogP contribution in [0, 0.1) is 0 Å². The second-order valence-electron chi connectivity index (χ2n) is 3.43. The number of nitrogens with one attached hydrogen (secondary N) is 1. The lowest BCUT2D eigenvalue weighted by molar-refractivity contribution is 0.416. The van der Waals surface area contributed by atoms with E-state index in [9.17, 15) is 0 Å². The summed E-state index contributed by atoms with van der Waals surface area (Å²) in [7, 11) is 1.66. The molecule has 0 aliphatic rings. The molecule has 0 atom stereocenters. The van der Waals surface area contributed by atoms with Gasteiger partial charge < -0.3 is 10.1 Å². The first-order valence-electron chi connectivity index (χ1n) is 4.99. The van der Waals surface area contributed by atoms with Gasteiger partial charge in [0.15, 0.2) is 0 Å². The monoisotopic (exact) mass is 331 g/mol. The van der Waals surface area contributed by atoms with Gasteiger partial charge in [0.1, 0.15) is 5.75 Å². The largest absolute Gasteiger partial charge is 0.495 e. The van der Waals surface area contributed by atoms with Crippen molar-refractivity contribution in [2.24, 2.45) is 0 Å². The smallest absolute Gasteiger partial charge is 0.142 e. The molecule has 0 bridgehead atoms. The van der Waals surface area contributed by atoms with Crippen LogP contribution in [0.3, 0.4) is 0 Å². The first kappa shape index (κ1) is 12.7. The minimum atomic E-state index is 0.740. The van der Waals surface area contributed by atoms with Gasteiger partial charge >= 0.3 is 0 Å². The molecule has 1 heterocycles. The van der Waals surface area contributed by atoms with E-state index in [0.717, 1.165) is 27.5 Å². The average Bonchev–Trinajstić information content (AvgIpc) is 2.73. The lowest BCUT2D eigenvalue weighted by atomic mass is 10.3. The highest BCUT2D eigenvalue weighted by Gasteiger charge is 2.04. The van der Waals surface area contributed by atoms with Crippen LogP contribution in [0.1, 0.15) is 4.88 Å². The van der Waals surface area contributed by atoms with E-state index in [2.05, 4.69) is 21.2 Å². The first-order chi connectivity index (χ1) is 8.19. The van der Waals surface area contributed by atoms with Crippen molar-refractivity contribution in [2.45, 2.75) is 6.54 Å². The van der Waals surface area contributed by atoms with Crippen molar-refractivity contribution >= 4 is 44.6 Å². The zero-order valence-corrected chi connectivity index (χ0v) is 12.3. The molecule has 90 valence electrons. The maximum absolute atomic E-state index is 5.88. The van der Waals surface area contributed by atoms with Crippen molar-refractivity contribution in [3.8, 4) is 5.75 Å². The maximum atomic E-state index is 5.88. The van der Waals surface area contributed by atoms with Crippen LogP contribution < -0.4 is 10.1 Å². The number of hydrogen-bond donors (Lipinski definition) is 1. The third-order valence-corrected chi connectivity index (χ3v) is 4.01. The molecule has 1 N–H and O–H groups in total. The Kier molecular flexibility index (Phi) is 4.31. The molecule has 2 rings (SSSR count). The van der Waals surface area contributed by atoms with Crippen LogP contribution in [0.25, 0.3) is 0 Å². The Morgan fingerprint density at radius 1 is 1.41 bits per heavy atom. The van der Waals surface area contributed by atoms with Crippen LogP contribution in [-0.2, 0) is 6.54 Å². The normalized spacial score (nSPS) is 10.3. The first-order valence-corrected chi connectivity index (χ1v) is 7.04. The molecule has 0 amide bonds. The summed E-state index contributed by atoms with van der Waals surface area (Å²) in [6.07, 6.45) is 0. The van der Waals surface area contributed by atoms with Gasteiger partial charge in [0, 0.05) is 21.3 Å². The Morgan fingerprint density at radius 3 is 2.88 bits per heavy atom. The van der Waals surface area contributed by atoms with Gasteiger partial charge in [-0.05, 0) is 24.3 Å². The lowest BCUT2D eigenvalue weighted by Gasteiger charge is -2.10. The molecule has 0 spiro atoms. The molecule has 0 saturated heterocycles. The zero-order valence-electron chi connectivity index (χ0n) is 9.17. The summed E-state index contributed by atoms with van der Waals surface area (Å²) in [5.74, 6) is 0.829. The summed E-state index contributed by atoms with van der Waals surface area (Å²) >= 11 is 11.0. The van der Waals surface area contributed by atoms with Crippen LogP contribution >= 0.6 is 38.9 Å². The molecule has 0 radical (unpaired) electrons. The summed E-state index contributed by atoms with van der Waals surface area (Å²) < 4.78 is 6.31. The summed E-state index contributed by atoms with van der Waals surface area (Å²) in [5, 5.41) is 6.04. The molecule has 0 saturated carbocycles. The summed E-state index contributed by atoms with van der Waals surface area (Å²) in [6.45, 7) is 0.740. The number of methoxy groups -OCH3 is 1. The fourth-order valence-corrected chi connectivity index (χ4v) is 2.82. The fraction of sp³-hybridized carbons (Fsp3) is 0.167. The predicted molar refractivity (Wildman–Crippen MR) is 77.3 cm³/mol. The van der Waals surface area contributed by atoms with Gasteiger partial charge in [0.25, 0.3) is 0 Å². The molecule has 2 nitrogen and oxygen atoms in total. The Bertz CT molecular complexity index is 515. The number of hydrogen-bond acceptors (Lipinski definition) is 3. The van der Waals surface area contributed by atoms with Crippen molar-refractivity contribution in [3.05, 3.63) is 44.0 Å². The Hall–Kier alpha value is -0.710. The average molecular weight is 333 g/mol. The van der Waals surface area contributed by atoms with E-state index < -0.39 is 0 Å². The van der Waals surface area contributed by atoms with Gasteiger partial charge in [-0.3, -0.25) is 0 Å². The van der Waals surface area contributed by atoms with Crippen LogP contribution in [0.5, 0.6) is 5.75 Å². The quantitative estimate of drug-likeness (QED) is 0.869. The van der Waals surface area contributed by atoms with Gasteiger partial charge in [-0.25, -0.2) is 0 Å². The molecule has 0 unspecified atom stereocenters. The van der Waals surface area contributed by atoms with E-state index in [1.165, 1.54) is 4.88 Å². The second kappa shape index (κ2) is 5.76. The number of ether oxygens (including phenoxy) is 1. The molecule has 1 aromatic heterocycles. The lowest BCUT2D eigenvalue weighted by Crippen LogP contribution is -1.99. The van der Waals surface area contributed by atoms with Crippen molar-refractivity contribution < 1.29 is 4.74 Å². The van der Waals surface area contributed by atoms with Crippen LogP contribution in [0.2, 0.25) is 5.02 Å². The fourth-order valence-electron chi connectivity index (χ4n) is 1.45. The molecule has 17 heavy (non-hydrogen) atoms. The van der Waals surface area contributed by atoms with Gasteiger partial charge in [-0.15, -0.1) is 11.3 Å². The van der Waals surface area contributed by atoms with E-state index in [1.807, 2.05) is 29.6 Å². The highest BCUT2D eigenvalue weighted by Crippen LogP contribution is 2.29. The molecular formula is C12H11BrClNOS. The number of rotatable bonds is 4. The summed E-state index contributed by atoms with van der Waals surface area (Å²) in [5.41, 5.74) is 0.964. The van der Waals surface area contributed by atoms with Crippen molar-refractivity contribution in [3.63, 3.8) is 0 Å². The SMILES string of the molecule is COc1ccc(Br)cc1NCc1cc(Cl)cs1. The molecule has 1 aromatic carbocycles. The standard InChI is InChI=1S/C12H11BrClNOS/c1-16-12-3-2-8(13)4-11(12)15-6-10-5-9(14)7-17-10/h2-5,7,15H,6H2,1H3. The number of benzene rings is 1. The van der Waals surface area contributed by atoms with Crippen molar-refractivity contribution in [1.82, 2.24) is 0 Å². The zero-order chi connectivity index (χ0) is 12.3. The Morgan fingerprint density at radius 2 is 2.24 bits per heavy atom. The topological polar surface area (TPSA) is 21.3 Å².